The van der Waals surface area contributed by atoms with Crippen LogP contribution in [0.25, 0.3) is 21.5 Å². The van der Waals surface area contributed by atoms with Crippen LogP contribution in [-0.4, -0.2) is 13.6 Å². The number of likely N-dealkylation sites (N-methyl/N-ethyl adjacent to an activating group) is 1. The number of hydrogen-bond acceptors (Lipinski definition) is 2. The van der Waals surface area contributed by atoms with Crippen molar-refractivity contribution in [3.63, 3.8) is 0 Å². The van der Waals surface area contributed by atoms with Crippen LogP contribution in [0.4, 0.5) is 11.4 Å². The highest BCUT2D eigenvalue weighted by atomic mass is 15.2. The molecule has 0 fully saturated rings. The van der Waals surface area contributed by atoms with Crippen molar-refractivity contribution in [2.75, 3.05) is 23.8 Å². The Kier molecular flexibility index (Phi) is 9.65. The Labute approximate surface area is 288 Å². The van der Waals surface area contributed by atoms with Crippen molar-refractivity contribution < 1.29 is 0 Å². The summed E-state index contributed by atoms with van der Waals surface area (Å²) in [6.07, 6.45) is 14.4. The molecule has 1 aliphatic rings. The van der Waals surface area contributed by atoms with Gasteiger partial charge in [-0.1, -0.05) is 144 Å². The lowest BCUT2D eigenvalue weighted by Gasteiger charge is -2.34. The van der Waals surface area contributed by atoms with E-state index in [0.717, 1.165) is 25.8 Å². The molecule has 0 amide bonds. The van der Waals surface area contributed by atoms with Crippen LogP contribution in [0.1, 0.15) is 69.7 Å². The van der Waals surface area contributed by atoms with Crippen LogP contribution in [-0.2, 0) is 17.3 Å². The van der Waals surface area contributed by atoms with Gasteiger partial charge in [-0.2, -0.15) is 0 Å². The molecule has 5 aromatic carbocycles. The Hall–Kier alpha value is -4.56. The quantitative estimate of drug-likeness (QED) is 0.146. The minimum atomic E-state index is -0.119. The molecule has 1 aliphatic heterocycles. The summed E-state index contributed by atoms with van der Waals surface area (Å²) in [5.74, 6) is 0.660. The molecule has 48 heavy (non-hydrogen) atoms. The Morgan fingerprint density at radius 1 is 0.792 bits per heavy atom. The highest BCUT2D eigenvalue weighted by Gasteiger charge is 2.39. The summed E-state index contributed by atoms with van der Waals surface area (Å²) < 4.78 is 0. The van der Waals surface area contributed by atoms with Crippen LogP contribution in [0.3, 0.4) is 0 Å². The van der Waals surface area contributed by atoms with E-state index in [1.54, 1.807) is 0 Å². The van der Waals surface area contributed by atoms with Crippen LogP contribution < -0.4 is 10.2 Å². The molecule has 0 aliphatic carbocycles. The molecule has 0 aromatic heterocycles. The van der Waals surface area contributed by atoms with Gasteiger partial charge >= 0.3 is 0 Å². The summed E-state index contributed by atoms with van der Waals surface area (Å²) in [5.41, 5.74) is 9.27. The number of rotatable bonds is 11. The van der Waals surface area contributed by atoms with Gasteiger partial charge in [0.25, 0.3) is 0 Å². The lowest BCUT2D eigenvalue weighted by atomic mass is 9.71. The predicted octanol–water partition coefficient (Wildman–Crippen LogP) is 12.1. The molecule has 246 valence electrons. The van der Waals surface area contributed by atoms with Crippen molar-refractivity contribution in [1.82, 2.24) is 0 Å². The van der Waals surface area contributed by atoms with Gasteiger partial charge in [0, 0.05) is 41.5 Å². The molecular formula is C46H52N2. The molecule has 2 heteroatoms. The fourth-order valence-corrected chi connectivity index (χ4v) is 7.87. The van der Waals surface area contributed by atoms with E-state index in [4.69, 9.17) is 0 Å². The average Bonchev–Trinajstić information content (AvgIpc) is 3.27. The first-order chi connectivity index (χ1) is 23.1. The maximum Gasteiger partial charge on any atom is 0.0454 e. The smallest absolute Gasteiger partial charge is 0.0454 e. The Morgan fingerprint density at radius 2 is 1.46 bits per heavy atom. The van der Waals surface area contributed by atoms with E-state index in [2.05, 4.69) is 186 Å². The zero-order valence-corrected chi connectivity index (χ0v) is 30.0. The number of hydrogen-bond donors (Lipinski definition) is 1. The molecule has 0 saturated heterocycles. The van der Waals surface area contributed by atoms with E-state index >= 15 is 0 Å². The third kappa shape index (κ3) is 6.59. The van der Waals surface area contributed by atoms with Gasteiger partial charge in [0.15, 0.2) is 0 Å². The number of anilines is 2. The molecule has 0 spiro atoms. The van der Waals surface area contributed by atoms with Gasteiger partial charge in [-0.05, 0) is 94.1 Å². The van der Waals surface area contributed by atoms with Gasteiger partial charge in [-0.3, -0.25) is 0 Å². The van der Waals surface area contributed by atoms with Gasteiger partial charge < -0.3 is 10.2 Å². The first-order valence-corrected chi connectivity index (χ1v) is 17.7. The topological polar surface area (TPSA) is 15.3 Å². The van der Waals surface area contributed by atoms with Crippen molar-refractivity contribution in [1.29, 1.82) is 0 Å². The zero-order valence-electron chi connectivity index (χ0n) is 30.0. The molecule has 6 rings (SSSR count). The molecule has 1 heterocycles. The predicted molar refractivity (Wildman–Crippen MR) is 210 cm³/mol. The Bertz CT molecular complexity index is 2010. The first-order valence-electron chi connectivity index (χ1n) is 17.7. The molecule has 0 radical (unpaired) electrons. The van der Waals surface area contributed by atoms with Crippen LogP contribution in [0, 0.1) is 12.8 Å². The molecular weight excluding hydrogens is 581 g/mol. The first kappa shape index (κ1) is 33.3. The summed E-state index contributed by atoms with van der Waals surface area (Å²) in [5, 5.41) is 9.15. The number of fused-ring (bicyclic) bond motifs is 4. The minimum Gasteiger partial charge on any atom is -0.385 e. The molecule has 1 unspecified atom stereocenters. The lowest BCUT2D eigenvalue weighted by molar-refractivity contribution is 0.479. The van der Waals surface area contributed by atoms with Crippen LogP contribution in [0.2, 0.25) is 0 Å². The van der Waals surface area contributed by atoms with Crippen LogP contribution >= 0.6 is 0 Å². The van der Waals surface area contributed by atoms with Crippen molar-refractivity contribution in [3.8, 4) is 0 Å². The summed E-state index contributed by atoms with van der Waals surface area (Å²) in [6, 6.07) is 35.7. The van der Waals surface area contributed by atoms with E-state index in [1.807, 2.05) is 0 Å². The lowest BCUT2D eigenvalue weighted by Crippen LogP contribution is -2.27. The number of aryl methyl sites for hydroxylation is 1. The highest BCUT2D eigenvalue weighted by molar-refractivity contribution is 5.95. The van der Waals surface area contributed by atoms with Crippen molar-refractivity contribution in [2.45, 2.75) is 71.6 Å². The zero-order chi connectivity index (χ0) is 33.9. The van der Waals surface area contributed by atoms with Gasteiger partial charge in [0.1, 0.15) is 0 Å². The third-order valence-corrected chi connectivity index (χ3v) is 10.5. The molecule has 1 atom stereocenters. The molecule has 5 aromatic rings. The monoisotopic (exact) mass is 632 g/mol. The SMILES string of the molecule is Cc1ccccc1CC(C)(C/C=C/C=C/C=C1/N(C)c2ccc3ccccc3c2C1(C)C)c1c(NCCC(C)C)ccc2ccccc12. The fourth-order valence-electron chi connectivity index (χ4n) is 7.87. The van der Waals surface area contributed by atoms with E-state index in [-0.39, 0.29) is 10.8 Å². The second-order valence-electron chi connectivity index (χ2n) is 14.9. The summed E-state index contributed by atoms with van der Waals surface area (Å²) in [4.78, 5) is 2.36. The van der Waals surface area contributed by atoms with Crippen LogP contribution in [0.5, 0.6) is 0 Å². The molecule has 2 nitrogen and oxygen atoms in total. The fraction of sp³-hybridized carbons (Fsp3) is 0.304. The number of allylic oxidation sites excluding steroid dienone is 6. The second kappa shape index (κ2) is 13.9. The maximum atomic E-state index is 3.86. The standard InChI is InChI=1S/C46H52N2/c1-33(2)29-31-47-40-27-25-35-19-13-15-22-38(35)43(40)46(6,32-37-21-12-11-18-34(37)3)30-17-9-8-10-24-42-45(4,5)44-39-23-16-14-20-36(39)26-28-41(44)48(42)7/h8-28,33,47H,29-32H2,1-7H3/b10-8+,17-9+,42-24+. The van der Waals surface area contributed by atoms with Crippen molar-refractivity contribution >= 4 is 32.9 Å². The molecule has 0 bridgehead atoms. The maximum absolute atomic E-state index is 3.86. The minimum absolute atomic E-state index is 0.0849. The largest absolute Gasteiger partial charge is 0.385 e. The van der Waals surface area contributed by atoms with E-state index in [9.17, 15) is 0 Å². The third-order valence-electron chi connectivity index (χ3n) is 10.5. The van der Waals surface area contributed by atoms with Gasteiger partial charge in [0.05, 0.1) is 0 Å². The number of nitrogens with one attached hydrogen (secondary N) is 1. The Balaban J connectivity index is 1.31. The number of benzene rings is 5. The Morgan fingerprint density at radius 3 is 2.21 bits per heavy atom. The highest BCUT2D eigenvalue weighted by Crippen LogP contribution is 2.50. The summed E-state index contributed by atoms with van der Waals surface area (Å²) in [6.45, 7) is 15.0. The van der Waals surface area contributed by atoms with Gasteiger partial charge in [-0.25, -0.2) is 0 Å². The summed E-state index contributed by atoms with van der Waals surface area (Å²) >= 11 is 0. The van der Waals surface area contributed by atoms with E-state index in [0.29, 0.717) is 5.92 Å². The van der Waals surface area contributed by atoms with E-state index in [1.165, 1.54) is 60.9 Å². The van der Waals surface area contributed by atoms with Crippen LogP contribution in [0.15, 0.2) is 133 Å². The van der Waals surface area contributed by atoms with Gasteiger partial charge in [-0.15, -0.1) is 0 Å². The van der Waals surface area contributed by atoms with Gasteiger partial charge in [0.2, 0.25) is 0 Å². The average molecular weight is 633 g/mol. The normalized spacial score (nSPS) is 16.5. The van der Waals surface area contributed by atoms with Crippen molar-refractivity contribution in [2.24, 2.45) is 5.92 Å². The van der Waals surface area contributed by atoms with E-state index < -0.39 is 0 Å². The number of nitrogens with zero attached hydrogens (tertiary/aromatic N) is 1. The molecule has 1 N–H and O–H groups in total. The summed E-state index contributed by atoms with van der Waals surface area (Å²) in [7, 11) is 2.20. The van der Waals surface area contributed by atoms with Crippen molar-refractivity contribution in [3.05, 3.63) is 155 Å². The molecule has 0 saturated carbocycles. The second-order valence-corrected chi connectivity index (χ2v) is 14.9.